The van der Waals surface area contributed by atoms with Gasteiger partial charge in [-0.05, 0) is 36.1 Å². The number of hydrogen-bond donors (Lipinski definition) is 0. The number of ether oxygens (including phenoxy) is 1. The van der Waals surface area contributed by atoms with Crippen LogP contribution in [0.15, 0.2) is 40.5 Å². The number of benzene rings is 1. The maximum atomic E-state index is 12.2. The molecular formula is C14H11N3O3S. The predicted octanol–water partition coefficient (Wildman–Crippen LogP) is 1.98. The smallest absolute Gasteiger partial charge is 0.350 e. The maximum Gasteiger partial charge on any atom is 0.350 e. The van der Waals surface area contributed by atoms with Gasteiger partial charge < -0.3 is 4.74 Å². The average Bonchev–Trinajstić information content (AvgIpc) is 2.93. The van der Waals surface area contributed by atoms with E-state index in [-0.39, 0.29) is 12.3 Å². The molecule has 2 aromatic heterocycles. The number of thiophene rings is 1. The van der Waals surface area contributed by atoms with E-state index in [0.717, 1.165) is 10.2 Å². The second-order valence-electron chi connectivity index (χ2n) is 4.40. The molecule has 0 aliphatic rings. The topological polar surface area (TPSA) is 74.1 Å². The third-order valence-corrected chi connectivity index (χ3v) is 3.99. The molecule has 1 aromatic carbocycles. The fraction of sp³-hybridized carbons (Fsp3) is 0.143. The largest absolute Gasteiger partial charge is 0.438 e. The SMILES string of the molecule is Cc1ccsc1C(=O)OCn1nnc2ccccc2c1=O. The first-order chi connectivity index (χ1) is 10.2. The van der Waals surface area contributed by atoms with Crippen LogP contribution in [0.25, 0.3) is 10.9 Å². The normalized spacial score (nSPS) is 10.7. The highest BCUT2D eigenvalue weighted by atomic mass is 32.1. The molecule has 3 aromatic rings. The van der Waals surface area contributed by atoms with Gasteiger partial charge in [0.25, 0.3) is 5.56 Å². The number of fused-ring (bicyclic) bond motifs is 1. The van der Waals surface area contributed by atoms with Gasteiger partial charge in [-0.15, -0.1) is 16.4 Å². The van der Waals surface area contributed by atoms with Gasteiger partial charge in [0.15, 0.2) is 6.73 Å². The Kier molecular flexibility index (Phi) is 3.49. The minimum atomic E-state index is -0.468. The minimum absolute atomic E-state index is 0.257. The van der Waals surface area contributed by atoms with Crippen molar-refractivity contribution in [3.05, 3.63) is 56.5 Å². The van der Waals surface area contributed by atoms with Crippen molar-refractivity contribution in [3.63, 3.8) is 0 Å². The summed E-state index contributed by atoms with van der Waals surface area (Å²) in [5.74, 6) is -0.468. The third kappa shape index (κ3) is 2.55. The van der Waals surface area contributed by atoms with Crippen LogP contribution in [0.4, 0.5) is 0 Å². The molecular weight excluding hydrogens is 290 g/mol. The summed E-state index contributed by atoms with van der Waals surface area (Å²) in [5, 5.41) is 9.94. The van der Waals surface area contributed by atoms with Gasteiger partial charge in [0, 0.05) is 0 Å². The maximum absolute atomic E-state index is 12.2. The van der Waals surface area contributed by atoms with Gasteiger partial charge >= 0.3 is 5.97 Å². The van der Waals surface area contributed by atoms with Gasteiger partial charge in [0.2, 0.25) is 0 Å². The summed E-state index contributed by atoms with van der Waals surface area (Å²) in [6.45, 7) is 1.57. The second kappa shape index (κ2) is 5.45. The van der Waals surface area contributed by atoms with Crippen LogP contribution >= 0.6 is 11.3 Å². The second-order valence-corrected chi connectivity index (χ2v) is 5.32. The van der Waals surface area contributed by atoms with Crippen molar-refractivity contribution in [1.82, 2.24) is 15.0 Å². The van der Waals surface area contributed by atoms with Gasteiger partial charge in [-0.2, -0.15) is 4.68 Å². The first-order valence-electron chi connectivity index (χ1n) is 6.20. The molecule has 0 saturated heterocycles. The van der Waals surface area contributed by atoms with Crippen molar-refractivity contribution in [2.75, 3.05) is 0 Å². The molecule has 7 heteroatoms. The van der Waals surface area contributed by atoms with Crippen molar-refractivity contribution in [3.8, 4) is 0 Å². The van der Waals surface area contributed by atoms with Gasteiger partial charge in [0.1, 0.15) is 10.4 Å². The van der Waals surface area contributed by atoms with Crippen LogP contribution in [-0.2, 0) is 11.5 Å². The Morgan fingerprint density at radius 2 is 2.14 bits per heavy atom. The number of carbonyl (C=O) groups excluding carboxylic acids is 1. The third-order valence-electron chi connectivity index (χ3n) is 2.99. The van der Waals surface area contributed by atoms with Gasteiger partial charge in [-0.3, -0.25) is 4.79 Å². The first kappa shape index (κ1) is 13.4. The van der Waals surface area contributed by atoms with Crippen LogP contribution < -0.4 is 5.56 Å². The number of hydrogen-bond acceptors (Lipinski definition) is 6. The quantitative estimate of drug-likeness (QED) is 0.691. The van der Waals surface area contributed by atoms with E-state index < -0.39 is 5.97 Å². The van der Waals surface area contributed by atoms with E-state index in [1.165, 1.54) is 11.3 Å². The Morgan fingerprint density at radius 3 is 2.90 bits per heavy atom. The van der Waals surface area contributed by atoms with Crippen molar-refractivity contribution >= 4 is 28.2 Å². The van der Waals surface area contributed by atoms with E-state index in [4.69, 9.17) is 4.74 Å². The molecule has 0 saturated carbocycles. The summed E-state index contributed by atoms with van der Waals surface area (Å²) < 4.78 is 6.15. The Morgan fingerprint density at radius 1 is 1.33 bits per heavy atom. The number of nitrogens with zero attached hydrogens (tertiary/aromatic N) is 3. The predicted molar refractivity (Wildman–Crippen MR) is 78.3 cm³/mol. The lowest BCUT2D eigenvalue weighted by molar-refractivity contribution is 0.0341. The molecule has 0 spiro atoms. The number of aromatic nitrogens is 3. The monoisotopic (exact) mass is 301 g/mol. The zero-order chi connectivity index (χ0) is 14.8. The van der Waals surface area contributed by atoms with E-state index in [0.29, 0.717) is 15.8 Å². The van der Waals surface area contributed by atoms with Crippen LogP contribution in [0.5, 0.6) is 0 Å². The van der Waals surface area contributed by atoms with Gasteiger partial charge in [-0.1, -0.05) is 17.3 Å². The lowest BCUT2D eigenvalue weighted by Gasteiger charge is -2.06. The summed E-state index contributed by atoms with van der Waals surface area (Å²) in [7, 11) is 0. The molecule has 106 valence electrons. The molecule has 21 heavy (non-hydrogen) atoms. The van der Waals surface area contributed by atoms with Crippen LogP contribution in [0, 0.1) is 6.92 Å². The number of carbonyl (C=O) groups is 1. The van der Waals surface area contributed by atoms with E-state index in [1.807, 2.05) is 18.4 Å². The van der Waals surface area contributed by atoms with Crippen LogP contribution in [-0.4, -0.2) is 21.0 Å². The summed E-state index contributed by atoms with van der Waals surface area (Å²) in [5.41, 5.74) is 1.03. The fourth-order valence-corrected chi connectivity index (χ4v) is 2.69. The first-order valence-corrected chi connectivity index (χ1v) is 7.08. The molecule has 0 N–H and O–H groups in total. The summed E-state index contributed by atoms with van der Waals surface area (Å²) in [6.07, 6.45) is 0. The highest BCUT2D eigenvalue weighted by molar-refractivity contribution is 7.12. The molecule has 0 aliphatic carbocycles. The number of rotatable bonds is 3. The lowest BCUT2D eigenvalue weighted by Crippen LogP contribution is -2.26. The van der Waals surface area contributed by atoms with Crippen LogP contribution in [0.2, 0.25) is 0 Å². The molecule has 0 bridgehead atoms. The Bertz CT molecular complexity index is 869. The van der Waals surface area contributed by atoms with E-state index in [2.05, 4.69) is 10.3 Å². The Balaban J connectivity index is 1.83. The molecule has 0 unspecified atom stereocenters. The lowest BCUT2D eigenvalue weighted by atomic mass is 10.2. The zero-order valence-corrected chi connectivity index (χ0v) is 12.0. The number of esters is 1. The Hall–Kier alpha value is -2.54. The van der Waals surface area contributed by atoms with Gasteiger partial charge in [-0.25, -0.2) is 4.79 Å². The minimum Gasteiger partial charge on any atom is -0.438 e. The summed E-state index contributed by atoms with van der Waals surface area (Å²) in [4.78, 5) is 24.6. The molecule has 0 amide bonds. The fourth-order valence-electron chi connectivity index (χ4n) is 1.88. The zero-order valence-electron chi connectivity index (χ0n) is 11.1. The van der Waals surface area contributed by atoms with Gasteiger partial charge in [0.05, 0.1) is 5.39 Å². The molecule has 0 aliphatic heterocycles. The van der Waals surface area contributed by atoms with Crippen molar-refractivity contribution < 1.29 is 9.53 Å². The highest BCUT2D eigenvalue weighted by Crippen LogP contribution is 2.16. The molecule has 0 radical (unpaired) electrons. The standard InChI is InChI=1S/C14H11N3O3S/c1-9-6-7-21-12(9)14(19)20-8-17-13(18)10-4-2-3-5-11(10)15-16-17/h2-7H,8H2,1H3. The van der Waals surface area contributed by atoms with E-state index >= 15 is 0 Å². The molecule has 3 rings (SSSR count). The Labute approximate surface area is 123 Å². The molecule has 6 nitrogen and oxygen atoms in total. The molecule has 0 fully saturated rings. The number of aryl methyl sites for hydroxylation is 1. The van der Waals surface area contributed by atoms with Crippen molar-refractivity contribution in [2.45, 2.75) is 13.7 Å². The highest BCUT2D eigenvalue weighted by Gasteiger charge is 2.13. The summed E-state index contributed by atoms with van der Waals surface area (Å²) >= 11 is 1.30. The van der Waals surface area contributed by atoms with Crippen molar-refractivity contribution in [2.24, 2.45) is 0 Å². The van der Waals surface area contributed by atoms with Crippen LogP contribution in [0.1, 0.15) is 15.2 Å². The molecule has 2 heterocycles. The summed E-state index contributed by atoms with van der Waals surface area (Å²) in [6, 6.07) is 8.73. The van der Waals surface area contributed by atoms with Crippen molar-refractivity contribution in [1.29, 1.82) is 0 Å². The van der Waals surface area contributed by atoms with E-state index in [1.54, 1.807) is 24.3 Å². The van der Waals surface area contributed by atoms with Crippen LogP contribution in [0.3, 0.4) is 0 Å². The average molecular weight is 301 g/mol. The molecule has 0 atom stereocenters. The van der Waals surface area contributed by atoms with E-state index in [9.17, 15) is 9.59 Å².